The number of hydrogen-bond donors (Lipinski definition) is 1. The highest BCUT2D eigenvalue weighted by Crippen LogP contribution is 2.18. The van der Waals surface area contributed by atoms with Gasteiger partial charge in [-0.2, -0.15) is 0 Å². The summed E-state index contributed by atoms with van der Waals surface area (Å²) >= 11 is 6.24. The van der Waals surface area contributed by atoms with Crippen LogP contribution in [0.2, 0.25) is 5.02 Å². The summed E-state index contributed by atoms with van der Waals surface area (Å²) in [5, 5.41) is 4.08. The zero-order chi connectivity index (χ0) is 14.4. The lowest BCUT2D eigenvalue weighted by Gasteiger charge is -2.06. The van der Waals surface area contributed by atoms with Gasteiger partial charge < -0.3 is 14.6 Å². The number of methoxy groups -OCH3 is 1. The fourth-order valence-corrected chi connectivity index (χ4v) is 2.25. The van der Waals surface area contributed by atoms with E-state index in [0.29, 0.717) is 6.61 Å². The highest BCUT2D eigenvalue weighted by Gasteiger charge is 2.03. The van der Waals surface area contributed by atoms with Crippen molar-refractivity contribution in [1.29, 1.82) is 0 Å². The van der Waals surface area contributed by atoms with Crippen molar-refractivity contribution in [1.82, 2.24) is 14.9 Å². The van der Waals surface area contributed by atoms with Crippen molar-refractivity contribution in [3.05, 3.63) is 52.6 Å². The SMILES string of the molecule is COCCNCc1cn(Cc2ccc(C)cc2Cl)cn1. The summed E-state index contributed by atoms with van der Waals surface area (Å²) in [6.45, 7) is 5.06. The van der Waals surface area contributed by atoms with Gasteiger partial charge in [-0.1, -0.05) is 23.7 Å². The van der Waals surface area contributed by atoms with E-state index in [1.165, 1.54) is 5.56 Å². The van der Waals surface area contributed by atoms with Gasteiger partial charge in [-0.05, 0) is 24.1 Å². The average Bonchev–Trinajstić information content (AvgIpc) is 2.86. The van der Waals surface area contributed by atoms with Gasteiger partial charge in [-0.15, -0.1) is 0 Å². The van der Waals surface area contributed by atoms with Crippen LogP contribution in [0.1, 0.15) is 16.8 Å². The molecule has 0 atom stereocenters. The number of aryl methyl sites for hydroxylation is 1. The molecule has 0 unspecified atom stereocenters. The van der Waals surface area contributed by atoms with Crippen LogP contribution in [0.3, 0.4) is 0 Å². The van der Waals surface area contributed by atoms with Gasteiger partial charge in [-0.25, -0.2) is 4.98 Å². The zero-order valence-corrected chi connectivity index (χ0v) is 12.7. The third kappa shape index (κ3) is 4.34. The Morgan fingerprint density at radius 2 is 2.25 bits per heavy atom. The van der Waals surface area contributed by atoms with Crippen LogP contribution in [0.15, 0.2) is 30.7 Å². The molecule has 2 aromatic rings. The molecule has 1 aromatic carbocycles. The molecule has 0 radical (unpaired) electrons. The number of rotatable bonds is 7. The maximum atomic E-state index is 6.24. The van der Waals surface area contributed by atoms with Crippen molar-refractivity contribution < 1.29 is 4.74 Å². The van der Waals surface area contributed by atoms with Gasteiger partial charge in [0.15, 0.2) is 0 Å². The third-order valence-electron chi connectivity index (χ3n) is 3.04. The summed E-state index contributed by atoms with van der Waals surface area (Å²) in [6.07, 6.45) is 3.87. The molecular formula is C15H20ClN3O. The molecule has 5 heteroatoms. The van der Waals surface area contributed by atoms with Crippen molar-refractivity contribution in [2.45, 2.75) is 20.0 Å². The second-order valence-electron chi connectivity index (χ2n) is 4.80. The first-order valence-electron chi connectivity index (χ1n) is 6.64. The summed E-state index contributed by atoms with van der Waals surface area (Å²) in [7, 11) is 1.70. The number of hydrogen-bond acceptors (Lipinski definition) is 3. The molecular weight excluding hydrogens is 274 g/mol. The van der Waals surface area contributed by atoms with Gasteiger partial charge >= 0.3 is 0 Å². The number of aromatic nitrogens is 2. The van der Waals surface area contributed by atoms with Gasteiger partial charge in [0.2, 0.25) is 0 Å². The number of benzene rings is 1. The lowest BCUT2D eigenvalue weighted by molar-refractivity contribution is 0.199. The van der Waals surface area contributed by atoms with E-state index in [-0.39, 0.29) is 0 Å². The Morgan fingerprint density at radius 3 is 3.00 bits per heavy atom. The summed E-state index contributed by atoms with van der Waals surface area (Å²) < 4.78 is 7.03. The lowest BCUT2D eigenvalue weighted by atomic mass is 10.1. The molecule has 0 amide bonds. The molecule has 0 aliphatic rings. The Balaban J connectivity index is 1.92. The maximum absolute atomic E-state index is 6.24. The highest BCUT2D eigenvalue weighted by molar-refractivity contribution is 6.31. The molecule has 0 saturated carbocycles. The van der Waals surface area contributed by atoms with E-state index in [0.717, 1.165) is 35.9 Å². The first-order chi connectivity index (χ1) is 9.69. The molecule has 0 aliphatic carbocycles. The van der Waals surface area contributed by atoms with E-state index in [4.69, 9.17) is 16.3 Å². The van der Waals surface area contributed by atoms with Crippen molar-refractivity contribution in [3.63, 3.8) is 0 Å². The third-order valence-corrected chi connectivity index (χ3v) is 3.39. The summed E-state index contributed by atoms with van der Waals surface area (Å²) in [4.78, 5) is 4.37. The zero-order valence-electron chi connectivity index (χ0n) is 11.9. The largest absolute Gasteiger partial charge is 0.383 e. The Hall–Kier alpha value is -1.36. The van der Waals surface area contributed by atoms with Gasteiger partial charge in [0.25, 0.3) is 0 Å². The molecule has 0 aliphatic heterocycles. The van der Waals surface area contributed by atoms with E-state index in [1.54, 1.807) is 7.11 Å². The summed E-state index contributed by atoms with van der Waals surface area (Å²) in [5.74, 6) is 0. The van der Waals surface area contributed by atoms with Crippen LogP contribution < -0.4 is 5.32 Å². The second-order valence-corrected chi connectivity index (χ2v) is 5.21. The molecule has 108 valence electrons. The quantitative estimate of drug-likeness (QED) is 0.798. The number of nitrogens with zero attached hydrogens (tertiary/aromatic N) is 2. The first-order valence-corrected chi connectivity index (χ1v) is 7.02. The Labute approximate surface area is 124 Å². The Morgan fingerprint density at radius 1 is 1.40 bits per heavy atom. The van der Waals surface area contributed by atoms with E-state index in [1.807, 2.05) is 30.1 Å². The van der Waals surface area contributed by atoms with Gasteiger partial charge in [0, 0.05) is 38.0 Å². The first kappa shape index (κ1) is 15.0. The van der Waals surface area contributed by atoms with E-state index >= 15 is 0 Å². The second kappa shape index (κ2) is 7.43. The molecule has 4 nitrogen and oxygen atoms in total. The Kier molecular flexibility index (Phi) is 5.59. The van der Waals surface area contributed by atoms with Crippen LogP contribution in [0.25, 0.3) is 0 Å². The van der Waals surface area contributed by atoms with Crippen LogP contribution in [-0.4, -0.2) is 29.8 Å². The molecule has 1 N–H and O–H groups in total. The highest BCUT2D eigenvalue weighted by atomic mass is 35.5. The van der Waals surface area contributed by atoms with Gasteiger partial charge in [0.05, 0.1) is 18.6 Å². The van der Waals surface area contributed by atoms with Gasteiger partial charge in [0.1, 0.15) is 0 Å². The predicted molar refractivity (Wildman–Crippen MR) is 81.1 cm³/mol. The fraction of sp³-hybridized carbons (Fsp3) is 0.400. The molecule has 0 spiro atoms. The lowest BCUT2D eigenvalue weighted by Crippen LogP contribution is -2.18. The maximum Gasteiger partial charge on any atom is 0.0953 e. The molecule has 0 bridgehead atoms. The summed E-state index contributed by atoms with van der Waals surface area (Å²) in [6, 6.07) is 6.13. The fourth-order valence-electron chi connectivity index (χ4n) is 1.95. The molecule has 1 aromatic heterocycles. The van der Waals surface area contributed by atoms with E-state index in [9.17, 15) is 0 Å². The smallest absolute Gasteiger partial charge is 0.0953 e. The molecule has 2 rings (SSSR count). The monoisotopic (exact) mass is 293 g/mol. The van der Waals surface area contributed by atoms with Crippen molar-refractivity contribution in [3.8, 4) is 0 Å². The standard InChI is InChI=1S/C15H20ClN3O/c1-12-3-4-13(15(16)7-12)9-19-10-14(18-11-19)8-17-5-6-20-2/h3-4,7,10-11,17H,5-6,8-9H2,1-2H3. The Bertz CT molecular complexity index is 554. The number of halogens is 1. The minimum Gasteiger partial charge on any atom is -0.383 e. The topological polar surface area (TPSA) is 39.1 Å². The molecule has 0 saturated heterocycles. The molecule has 1 heterocycles. The minimum absolute atomic E-state index is 0.708. The minimum atomic E-state index is 0.708. The van der Waals surface area contributed by atoms with Crippen LogP contribution >= 0.6 is 11.6 Å². The van der Waals surface area contributed by atoms with Crippen molar-refractivity contribution in [2.24, 2.45) is 0 Å². The van der Waals surface area contributed by atoms with Gasteiger partial charge in [-0.3, -0.25) is 0 Å². The number of imidazole rings is 1. The molecule has 20 heavy (non-hydrogen) atoms. The predicted octanol–water partition coefficient (Wildman–Crippen LogP) is 2.63. The van der Waals surface area contributed by atoms with Crippen LogP contribution in [0.5, 0.6) is 0 Å². The van der Waals surface area contributed by atoms with E-state index in [2.05, 4.69) is 22.4 Å². The molecule has 0 fully saturated rings. The number of nitrogens with one attached hydrogen (secondary N) is 1. The summed E-state index contributed by atoms with van der Waals surface area (Å²) in [5.41, 5.74) is 3.30. The van der Waals surface area contributed by atoms with Crippen molar-refractivity contribution >= 4 is 11.6 Å². The average molecular weight is 294 g/mol. The van der Waals surface area contributed by atoms with Crippen molar-refractivity contribution in [2.75, 3.05) is 20.3 Å². The number of ether oxygens (including phenoxy) is 1. The normalized spacial score (nSPS) is 10.9. The van der Waals surface area contributed by atoms with Crippen LogP contribution in [0, 0.1) is 6.92 Å². The van der Waals surface area contributed by atoms with E-state index < -0.39 is 0 Å². The van der Waals surface area contributed by atoms with Crippen LogP contribution in [-0.2, 0) is 17.8 Å². The van der Waals surface area contributed by atoms with Crippen LogP contribution in [0.4, 0.5) is 0 Å².